The highest BCUT2D eigenvalue weighted by molar-refractivity contribution is 5.95. The number of carbonyl (C=O) groups is 2. The SMILES string of the molecule is CC(C)Oc1cccc(NC(=O)CNc2ccc(C(=O)NCc3ccco3)cc2)c1. The first kappa shape index (κ1) is 21.0. The third kappa shape index (κ3) is 6.41. The zero-order valence-corrected chi connectivity index (χ0v) is 17.0. The molecule has 0 fully saturated rings. The molecule has 0 aliphatic heterocycles. The highest BCUT2D eigenvalue weighted by Gasteiger charge is 2.08. The fourth-order valence-corrected chi connectivity index (χ4v) is 2.73. The van der Waals surface area contributed by atoms with Crippen LogP contribution in [0, 0.1) is 0 Å². The number of carbonyl (C=O) groups excluding carboxylic acids is 2. The molecule has 0 radical (unpaired) electrons. The maximum absolute atomic E-state index is 12.2. The van der Waals surface area contributed by atoms with Gasteiger partial charge in [-0.2, -0.15) is 0 Å². The Morgan fingerprint density at radius 2 is 1.80 bits per heavy atom. The van der Waals surface area contributed by atoms with E-state index < -0.39 is 0 Å². The third-order valence-electron chi connectivity index (χ3n) is 4.09. The smallest absolute Gasteiger partial charge is 0.251 e. The van der Waals surface area contributed by atoms with Gasteiger partial charge < -0.3 is 25.1 Å². The van der Waals surface area contributed by atoms with Crippen LogP contribution in [-0.4, -0.2) is 24.5 Å². The standard InChI is InChI=1S/C23H25N3O4/c1-16(2)30-20-6-3-5-19(13-20)26-22(27)15-24-18-10-8-17(9-11-18)23(28)25-14-21-7-4-12-29-21/h3-13,16,24H,14-15H2,1-2H3,(H,25,28)(H,26,27). The summed E-state index contributed by atoms with van der Waals surface area (Å²) in [5.74, 6) is 1.02. The summed E-state index contributed by atoms with van der Waals surface area (Å²) in [4.78, 5) is 24.4. The number of hydrogen-bond acceptors (Lipinski definition) is 5. The minimum absolute atomic E-state index is 0.0628. The Balaban J connectivity index is 1.46. The third-order valence-corrected chi connectivity index (χ3v) is 4.09. The summed E-state index contributed by atoms with van der Waals surface area (Å²) in [5.41, 5.74) is 1.94. The average Bonchev–Trinajstić information content (AvgIpc) is 3.24. The highest BCUT2D eigenvalue weighted by Crippen LogP contribution is 2.18. The lowest BCUT2D eigenvalue weighted by molar-refractivity contribution is -0.114. The molecule has 7 heteroatoms. The van der Waals surface area contributed by atoms with Crippen molar-refractivity contribution >= 4 is 23.2 Å². The van der Waals surface area contributed by atoms with E-state index in [1.807, 2.05) is 26.0 Å². The number of furan rings is 1. The summed E-state index contributed by atoms with van der Waals surface area (Å²) in [7, 11) is 0. The average molecular weight is 407 g/mol. The second kappa shape index (κ2) is 10.2. The number of nitrogens with one attached hydrogen (secondary N) is 3. The molecule has 2 aromatic carbocycles. The molecule has 3 rings (SSSR count). The van der Waals surface area contributed by atoms with Gasteiger partial charge in [-0.1, -0.05) is 6.07 Å². The van der Waals surface area contributed by atoms with E-state index in [9.17, 15) is 9.59 Å². The lowest BCUT2D eigenvalue weighted by Gasteiger charge is -2.12. The summed E-state index contributed by atoms with van der Waals surface area (Å²) in [5, 5.41) is 8.66. The van der Waals surface area contributed by atoms with Crippen LogP contribution in [0.5, 0.6) is 5.75 Å². The van der Waals surface area contributed by atoms with Gasteiger partial charge in [0.05, 0.1) is 25.5 Å². The van der Waals surface area contributed by atoms with Crippen molar-refractivity contribution in [1.29, 1.82) is 0 Å². The first-order chi connectivity index (χ1) is 14.5. The second-order valence-corrected chi connectivity index (χ2v) is 6.94. The Morgan fingerprint density at radius 3 is 2.50 bits per heavy atom. The minimum atomic E-state index is -0.195. The fourth-order valence-electron chi connectivity index (χ4n) is 2.73. The summed E-state index contributed by atoms with van der Waals surface area (Å²) in [6, 6.07) is 17.7. The van der Waals surface area contributed by atoms with E-state index >= 15 is 0 Å². The number of benzene rings is 2. The van der Waals surface area contributed by atoms with Crippen molar-refractivity contribution in [3.8, 4) is 5.75 Å². The molecule has 0 saturated carbocycles. The molecule has 0 bridgehead atoms. The molecule has 3 N–H and O–H groups in total. The van der Waals surface area contributed by atoms with E-state index in [4.69, 9.17) is 9.15 Å². The van der Waals surface area contributed by atoms with Crippen LogP contribution in [0.4, 0.5) is 11.4 Å². The Hall–Kier alpha value is -3.74. The first-order valence-electron chi connectivity index (χ1n) is 9.70. The molecule has 156 valence electrons. The van der Waals surface area contributed by atoms with Gasteiger partial charge in [-0.15, -0.1) is 0 Å². The molecule has 0 aliphatic rings. The van der Waals surface area contributed by atoms with Crippen LogP contribution in [0.15, 0.2) is 71.3 Å². The number of anilines is 2. The second-order valence-electron chi connectivity index (χ2n) is 6.94. The molecule has 0 aliphatic carbocycles. The Morgan fingerprint density at radius 1 is 1.00 bits per heavy atom. The van der Waals surface area contributed by atoms with Gasteiger partial charge in [0.25, 0.3) is 5.91 Å². The number of ether oxygens (including phenoxy) is 1. The summed E-state index contributed by atoms with van der Waals surface area (Å²) in [6.07, 6.45) is 1.63. The van der Waals surface area contributed by atoms with E-state index in [1.54, 1.807) is 54.8 Å². The maximum atomic E-state index is 12.2. The van der Waals surface area contributed by atoms with E-state index in [0.717, 1.165) is 5.69 Å². The van der Waals surface area contributed by atoms with E-state index in [-0.39, 0.29) is 24.5 Å². The lowest BCUT2D eigenvalue weighted by atomic mass is 10.2. The van der Waals surface area contributed by atoms with Gasteiger partial charge in [0.2, 0.25) is 5.91 Å². The van der Waals surface area contributed by atoms with Crippen LogP contribution < -0.4 is 20.7 Å². The first-order valence-corrected chi connectivity index (χ1v) is 9.70. The molecule has 1 aromatic heterocycles. The Kier molecular flexibility index (Phi) is 7.10. The van der Waals surface area contributed by atoms with Crippen molar-refractivity contribution in [2.45, 2.75) is 26.5 Å². The summed E-state index contributed by atoms with van der Waals surface area (Å²) < 4.78 is 10.8. The van der Waals surface area contributed by atoms with Crippen LogP contribution in [0.3, 0.4) is 0 Å². The molecule has 0 unspecified atom stereocenters. The maximum Gasteiger partial charge on any atom is 0.251 e. The van der Waals surface area contributed by atoms with Gasteiger partial charge >= 0.3 is 0 Å². The van der Waals surface area contributed by atoms with E-state index in [2.05, 4.69) is 16.0 Å². The van der Waals surface area contributed by atoms with Gasteiger partial charge in [-0.3, -0.25) is 9.59 Å². The molecule has 7 nitrogen and oxygen atoms in total. The molecule has 0 saturated heterocycles. The minimum Gasteiger partial charge on any atom is -0.491 e. The van der Waals surface area contributed by atoms with Crippen molar-refractivity contribution < 1.29 is 18.7 Å². The van der Waals surface area contributed by atoms with Gasteiger partial charge in [0.15, 0.2) is 0 Å². The van der Waals surface area contributed by atoms with Crippen molar-refractivity contribution in [3.63, 3.8) is 0 Å². The molecule has 30 heavy (non-hydrogen) atoms. The molecule has 3 aromatic rings. The summed E-state index contributed by atoms with van der Waals surface area (Å²) in [6.45, 7) is 4.32. The molecular formula is C23H25N3O4. The number of rotatable bonds is 9. The Labute approximate surface area is 175 Å². The van der Waals surface area contributed by atoms with Crippen LogP contribution in [0.25, 0.3) is 0 Å². The summed E-state index contributed by atoms with van der Waals surface area (Å²) >= 11 is 0. The van der Waals surface area contributed by atoms with Crippen LogP contribution in [0.1, 0.15) is 30.0 Å². The van der Waals surface area contributed by atoms with Gasteiger partial charge in [0.1, 0.15) is 11.5 Å². The van der Waals surface area contributed by atoms with Gasteiger partial charge in [0, 0.05) is 23.0 Å². The largest absolute Gasteiger partial charge is 0.491 e. The van der Waals surface area contributed by atoms with Gasteiger partial charge in [-0.05, 0) is 62.4 Å². The van der Waals surface area contributed by atoms with Crippen LogP contribution in [-0.2, 0) is 11.3 Å². The predicted octanol–water partition coefficient (Wildman–Crippen LogP) is 4.05. The fraction of sp³-hybridized carbons (Fsp3) is 0.217. The van der Waals surface area contributed by atoms with Crippen molar-refractivity contribution in [1.82, 2.24) is 5.32 Å². The van der Waals surface area contributed by atoms with Crippen molar-refractivity contribution in [2.24, 2.45) is 0 Å². The van der Waals surface area contributed by atoms with Crippen molar-refractivity contribution in [2.75, 3.05) is 17.2 Å². The molecule has 0 spiro atoms. The van der Waals surface area contributed by atoms with Crippen LogP contribution in [0.2, 0.25) is 0 Å². The lowest BCUT2D eigenvalue weighted by Crippen LogP contribution is -2.23. The zero-order chi connectivity index (χ0) is 21.3. The zero-order valence-electron chi connectivity index (χ0n) is 17.0. The monoisotopic (exact) mass is 407 g/mol. The molecule has 0 atom stereocenters. The topological polar surface area (TPSA) is 92.6 Å². The number of amides is 2. The van der Waals surface area contributed by atoms with Gasteiger partial charge in [-0.25, -0.2) is 0 Å². The van der Waals surface area contributed by atoms with Crippen molar-refractivity contribution in [3.05, 3.63) is 78.3 Å². The Bertz CT molecular complexity index is 966. The molecule has 2 amide bonds. The molecular weight excluding hydrogens is 382 g/mol. The van der Waals surface area contributed by atoms with E-state index in [1.165, 1.54) is 0 Å². The molecule has 1 heterocycles. The number of hydrogen-bond donors (Lipinski definition) is 3. The normalized spacial score (nSPS) is 10.5. The predicted molar refractivity (Wildman–Crippen MR) is 116 cm³/mol. The quantitative estimate of drug-likeness (QED) is 0.498. The van der Waals surface area contributed by atoms with Crippen LogP contribution >= 0.6 is 0 Å². The highest BCUT2D eigenvalue weighted by atomic mass is 16.5. The van der Waals surface area contributed by atoms with E-state index in [0.29, 0.717) is 29.3 Å².